The van der Waals surface area contributed by atoms with E-state index in [4.69, 9.17) is 18.9 Å². The summed E-state index contributed by atoms with van der Waals surface area (Å²) in [6.07, 6.45) is 3.97. The minimum absolute atomic E-state index is 0.0918. The summed E-state index contributed by atoms with van der Waals surface area (Å²) < 4.78 is 22.7. The molecule has 43 heavy (non-hydrogen) atoms. The lowest BCUT2D eigenvalue weighted by Gasteiger charge is -2.11. The van der Waals surface area contributed by atoms with Gasteiger partial charge in [-0.25, -0.2) is 9.59 Å². The molecule has 4 rings (SSSR count). The SMILES string of the molecule is CCCCOc1ccc(C(=O)Oc2ccc(N=Nc3ccc(C)cc3)c(OC(=O)c3ccc(OCCCC)cc3)c2)cc1. The highest BCUT2D eigenvalue weighted by Gasteiger charge is 2.16. The first-order valence-electron chi connectivity index (χ1n) is 14.5. The largest absolute Gasteiger partial charge is 0.494 e. The number of nitrogens with zero attached hydrogens (tertiary/aromatic N) is 2. The fourth-order valence-electron chi connectivity index (χ4n) is 3.81. The van der Waals surface area contributed by atoms with Gasteiger partial charge >= 0.3 is 11.9 Å². The van der Waals surface area contributed by atoms with Gasteiger partial charge in [0.2, 0.25) is 0 Å². The Morgan fingerprint density at radius 2 is 1.12 bits per heavy atom. The van der Waals surface area contributed by atoms with Crippen molar-refractivity contribution in [3.8, 4) is 23.0 Å². The average Bonchev–Trinajstić information content (AvgIpc) is 3.02. The van der Waals surface area contributed by atoms with Gasteiger partial charge in [-0.15, -0.1) is 5.11 Å². The van der Waals surface area contributed by atoms with Gasteiger partial charge in [-0.2, -0.15) is 5.11 Å². The number of aryl methyl sites for hydroxylation is 1. The molecule has 0 saturated carbocycles. The normalized spacial score (nSPS) is 10.9. The third-order valence-corrected chi connectivity index (χ3v) is 6.36. The van der Waals surface area contributed by atoms with E-state index in [9.17, 15) is 9.59 Å². The van der Waals surface area contributed by atoms with E-state index in [1.54, 1.807) is 60.7 Å². The summed E-state index contributed by atoms with van der Waals surface area (Å²) in [5, 5.41) is 8.58. The van der Waals surface area contributed by atoms with E-state index in [0.29, 0.717) is 47.2 Å². The summed E-state index contributed by atoms with van der Waals surface area (Å²) in [5.41, 5.74) is 2.71. The molecule has 0 atom stereocenters. The first-order chi connectivity index (χ1) is 20.9. The molecular weight excluding hydrogens is 544 g/mol. The Morgan fingerprint density at radius 3 is 1.65 bits per heavy atom. The number of unbranched alkanes of at least 4 members (excludes halogenated alkanes) is 2. The van der Waals surface area contributed by atoms with Crippen molar-refractivity contribution in [1.29, 1.82) is 0 Å². The highest BCUT2D eigenvalue weighted by Crippen LogP contribution is 2.34. The molecule has 0 spiro atoms. The number of benzene rings is 4. The van der Waals surface area contributed by atoms with Gasteiger partial charge in [0.05, 0.1) is 30.0 Å². The maximum absolute atomic E-state index is 13.1. The summed E-state index contributed by atoms with van der Waals surface area (Å²) in [6.45, 7) is 7.40. The number of hydrogen-bond acceptors (Lipinski definition) is 8. The highest BCUT2D eigenvalue weighted by atomic mass is 16.5. The summed E-state index contributed by atoms with van der Waals surface area (Å²) in [4.78, 5) is 25.9. The van der Waals surface area contributed by atoms with E-state index in [2.05, 4.69) is 24.1 Å². The molecule has 0 bridgehead atoms. The fraction of sp³-hybridized carbons (Fsp3) is 0.257. The van der Waals surface area contributed by atoms with Crippen LogP contribution >= 0.6 is 0 Å². The lowest BCUT2D eigenvalue weighted by atomic mass is 10.2. The van der Waals surface area contributed by atoms with Crippen LogP contribution in [0.5, 0.6) is 23.0 Å². The maximum atomic E-state index is 13.1. The quantitative estimate of drug-likeness (QED) is 0.0638. The monoisotopic (exact) mass is 580 g/mol. The van der Waals surface area contributed by atoms with Gasteiger partial charge in [0.1, 0.15) is 22.9 Å². The van der Waals surface area contributed by atoms with E-state index < -0.39 is 11.9 Å². The molecule has 0 fully saturated rings. The average molecular weight is 581 g/mol. The molecule has 0 N–H and O–H groups in total. The van der Waals surface area contributed by atoms with Crippen LogP contribution in [0, 0.1) is 6.92 Å². The zero-order valence-corrected chi connectivity index (χ0v) is 24.7. The van der Waals surface area contributed by atoms with Gasteiger partial charge in [-0.05, 0) is 92.6 Å². The van der Waals surface area contributed by atoms with Gasteiger partial charge < -0.3 is 18.9 Å². The smallest absolute Gasteiger partial charge is 0.343 e. The molecule has 0 aliphatic carbocycles. The number of carbonyl (C=O) groups excluding carboxylic acids is 2. The standard InChI is InChI=1S/C35H36N2O6/c1-4-6-22-40-29-16-10-26(11-17-29)34(38)42-31-20-21-32(37-36-28-14-8-25(3)9-15-28)33(24-31)43-35(39)27-12-18-30(19-13-27)41-23-7-5-2/h8-21,24H,4-7,22-23H2,1-3H3. The van der Waals surface area contributed by atoms with Crippen LogP contribution in [0.25, 0.3) is 0 Å². The van der Waals surface area contributed by atoms with Crippen LogP contribution < -0.4 is 18.9 Å². The van der Waals surface area contributed by atoms with Crippen molar-refractivity contribution < 1.29 is 28.5 Å². The third-order valence-electron chi connectivity index (χ3n) is 6.36. The van der Waals surface area contributed by atoms with Crippen molar-refractivity contribution in [1.82, 2.24) is 0 Å². The lowest BCUT2D eigenvalue weighted by Crippen LogP contribution is -2.10. The van der Waals surface area contributed by atoms with Crippen LogP contribution in [0.4, 0.5) is 11.4 Å². The van der Waals surface area contributed by atoms with Crippen LogP contribution in [-0.2, 0) is 0 Å². The summed E-state index contributed by atoms with van der Waals surface area (Å²) in [6, 6.07) is 25.6. The molecule has 4 aromatic carbocycles. The molecular formula is C35H36N2O6. The Balaban J connectivity index is 1.52. The van der Waals surface area contributed by atoms with E-state index >= 15 is 0 Å². The second kappa shape index (κ2) is 15.9. The van der Waals surface area contributed by atoms with Crippen molar-refractivity contribution >= 4 is 23.3 Å². The Kier molecular flexibility index (Phi) is 11.4. The van der Waals surface area contributed by atoms with Crippen LogP contribution in [0.15, 0.2) is 101 Å². The first-order valence-corrected chi connectivity index (χ1v) is 14.5. The summed E-state index contributed by atoms with van der Waals surface area (Å²) in [7, 11) is 0. The van der Waals surface area contributed by atoms with E-state index in [0.717, 1.165) is 31.2 Å². The van der Waals surface area contributed by atoms with Gasteiger partial charge in [0, 0.05) is 6.07 Å². The zero-order valence-electron chi connectivity index (χ0n) is 24.7. The number of ether oxygens (including phenoxy) is 4. The second-order valence-corrected chi connectivity index (χ2v) is 9.90. The van der Waals surface area contributed by atoms with Gasteiger partial charge in [-0.1, -0.05) is 44.4 Å². The molecule has 0 unspecified atom stereocenters. The van der Waals surface area contributed by atoms with Crippen LogP contribution in [0.1, 0.15) is 65.8 Å². The first kappa shape index (κ1) is 31.0. The molecule has 0 aliphatic rings. The van der Waals surface area contributed by atoms with Crippen molar-refractivity contribution in [3.63, 3.8) is 0 Å². The summed E-state index contributed by atoms with van der Waals surface area (Å²) >= 11 is 0. The van der Waals surface area contributed by atoms with Gasteiger partial charge in [-0.3, -0.25) is 0 Å². The molecule has 0 saturated heterocycles. The van der Waals surface area contributed by atoms with Crippen molar-refractivity contribution in [2.24, 2.45) is 10.2 Å². The molecule has 8 nitrogen and oxygen atoms in total. The molecule has 0 amide bonds. The van der Waals surface area contributed by atoms with Crippen LogP contribution in [0.2, 0.25) is 0 Å². The minimum Gasteiger partial charge on any atom is -0.494 e. The van der Waals surface area contributed by atoms with E-state index in [1.807, 2.05) is 31.2 Å². The lowest BCUT2D eigenvalue weighted by molar-refractivity contribution is 0.0733. The molecule has 0 aromatic heterocycles. The Hall–Kier alpha value is -4.98. The molecule has 0 aliphatic heterocycles. The van der Waals surface area contributed by atoms with Crippen molar-refractivity contribution in [2.45, 2.75) is 46.5 Å². The Labute approximate surface area is 252 Å². The number of azo groups is 1. The van der Waals surface area contributed by atoms with Crippen molar-refractivity contribution in [2.75, 3.05) is 13.2 Å². The Morgan fingerprint density at radius 1 is 0.605 bits per heavy atom. The molecule has 8 heteroatoms. The zero-order chi connectivity index (χ0) is 30.4. The number of carbonyl (C=O) groups is 2. The van der Waals surface area contributed by atoms with Crippen LogP contribution in [-0.4, -0.2) is 25.2 Å². The number of hydrogen-bond donors (Lipinski definition) is 0. The number of rotatable bonds is 14. The molecule has 222 valence electrons. The Bertz CT molecular complexity index is 1510. The fourth-order valence-corrected chi connectivity index (χ4v) is 3.81. The predicted molar refractivity (Wildman–Crippen MR) is 165 cm³/mol. The second-order valence-electron chi connectivity index (χ2n) is 9.90. The van der Waals surface area contributed by atoms with Gasteiger partial charge in [0.25, 0.3) is 0 Å². The highest BCUT2D eigenvalue weighted by molar-refractivity contribution is 5.93. The molecule has 0 heterocycles. The van der Waals surface area contributed by atoms with Crippen molar-refractivity contribution in [3.05, 3.63) is 108 Å². The van der Waals surface area contributed by atoms with Gasteiger partial charge in [0.15, 0.2) is 5.75 Å². The maximum Gasteiger partial charge on any atom is 0.343 e. The number of esters is 2. The van der Waals surface area contributed by atoms with E-state index in [1.165, 1.54) is 6.07 Å². The third kappa shape index (κ3) is 9.53. The van der Waals surface area contributed by atoms with E-state index in [-0.39, 0.29) is 11.5 Å². The minimum atomic E-state index is -0.603. The molecule has 0 radical (unpaired) electrons. The topological polar surface area (TPSA) is 95.8 Å². The molecule has 4 aromatic rings. The summed E-state index contributed by atoms with van der Waals surface area (Å²) in [5.74, 6) is 0.466. The predicted octanol–water partition coefficient (Wildman–Crippen LogP) is 9.21. The van der Waals surface area contributed by atoms with Crippen LogP contribution in [0.3, 0.4) is 0 Å².